The Morgan fingerprint density at radius 3 is 2.20 bits per heavy atom. The second-order valence-corrected chi connectivity index (χ2v) is 6.87. The van der Waals surface area contributed by atoms with Crippen LogP contribution >= 0.6 is 0 Å². The fraction of sp³-hybridized carbons (Fsp3) is 0.600. The summed E-state index contributed by atoms with van der Waals surface area (Å²) in [5.74, 6) is -0.217. The second kappa shape index (κ2) is 9.56. The van der Waals surface area contributed by atoms with Crippen LogP contribution in [0.5, 0.6) is 0 Å². The molecule has 0 aromatic heterocycles. The Balaban J connectivity index is 1.78. The van der Waals surface area contributed by atoms with E-state index in [0.29, 0.717) is 19.1 Å². The molecule has 1 saturated heterocycles. The molecular weight excluding hydrogens is 314 g/mol. The zero-order chi connectivity index (χ0) is 18.2. The normalized spacial score (nSPS) is 16.7. The number of nitrogens with one attached hydrogen (secondary N) is 1. The highest BCUT2D eigenvalue weighted by molar-refractivity contribution is 5.95. The van der Waals surface area contributed by atoms with E-state index < -0.39 is 0 Å². The average Bonchev–Trinajstić information content (AvgIpc) is 2.63. The SMILES string of the molecule is CCC(CC)C(=O)NC(=O)N1CCN(C(C)Cc2ccccc2)CC1. The zero-order valence-electron chi connectivity index (χ0n) is 15.7. The van der Waals surface area contributed by atoms with Gasteiger partial charge < -0.3 is 4.90 Å². The predicted molar refractivity (Wildman–Crippen MR) is 100 cm³/mol. The second-order valence-electron chi connectivity index (χ2n) is 6.87. The van der Waals surface area contributed by atoms with E-state index in [-0.39, 0.29) is 17.9 Å². The molecule has 0 spiro atoms. The lowest BCUT2D eigenvalue weighted by Gasteiger charge is -2.38. The van der Waals surface area contributed by atoms with Gasteiger partial charge in [-0.25, -0.2) is 4.79 Å². The molecule has 5 nitrogen and oxygen atoms in total. The van der Waals surface area contributed by atoms with Gasteiger partial charge in [-0.15, -0.1) is 0 Å². The fourth-order valence-electron chi connectivity index (χ4n) is 3.40. The van der Waals surface area contributed by atoms with Crippen molar-refractivity contribution in [3.05, 3.63) is 35.9 Å². The number of piperazine rings is 1. The number of imide groups is 1. The summed E-state index contributed by atoms with van der Waals surface area (Å²) >= 11 is 0. The molecule has 0 radical (unpaired) electrons. The number of amides is 3. The number of benzene rings is 1. The Morgan fingerprint density at radius 1 is 1.04 bits per heavy atom. The van der Waals surface area contributed by atoms with E-state index in [1.165, 1.54) is 5.56 Å². The molecule has 25 heavy (non-hydrogen) atoms. The molecule has 1 fully saturated rings. The lowest BCUT2D eigenvalue weighted by molar-refractivity contribution is -0.124. The van der Waals surface area contributed by atoms with Crippen molar-refractivity contribution in [1.29, 1.82) is 0 Å². The maximum atomic E-state index is 12.3. The van der Waals surface area contributed by atoms with Gasteiger partial charge in [-0.05, 0) is 31.7 Å². The van der Waals surface area contributed by atoms with Crippen molar-refractivity contribution in [1.82, 2.24) is 15.1 Å². The molecule has 0 saturated carbocycles. The van der Waals surface area contributed by atoms with Gasteiger partial charge in [0, 0.05) is 38.1 Å². The molecule has 1 aliphatic rings. The van der Waals surface area contributed by atoms with E-state index in [9.17, 15) is 9.59 Å². The van der Waals surface area contributed by atoms with Crippen LogP contribution in [0.25, 0.3) is 0 Å². The Morgan fingerprint density at radius 2 is 1.64 bits per heavy atom. The largest absolute Gasteiger partial charge is 0.324 e. The summed E-state index contributed by atoms with van der Waals surface area (Å²) in [5, 5.41) is 2.57. The zero-order valence-corrected chi connectivity index (χ0v) is 15.7. The maximum Gasteiger partial charge on any atom is 0.324 e. The molecule has 1 N–H and O–H groups in total. The van der Waals surface area contributed by atoms with E-state index in [4.69, 9.17) is 0 Å². The topological polar surface area (TPSA) is 52.7 Å². The van der Waals surface area contributed by atoms with Crippen LogP contribution in [-0.2, 0) is 11.2 Å². The van der Waals surface area contributed by atoms with Crippen LogP contribution in [0.3, 0.4) is 0 Å². The Kier molecular flexibility index (Phi) is 7.44. The molecule has 1 atom stereocenters. The molecule has 1 aromatic rings. The third-order valence-electron chi connectivity index (χ3n) is 5.19. The summed E-state index contributed by atoms with van der Waals surface area (Å²) in [5.41, 5.74) is 1.34. The molecule has 1 aromatic carbocycles. The van der Waals surface area contributed by atoms with Crippen molar-refractivity contribution in [2.75, 3.05) is 26.2 Å². The minimum absolute atomic E-state index is 0.0730. The first-order valence-electron chi connectivity index (χ1n) is 9.42. The summed E-state index contributed by atoms with van der Waals surface area (Å²) in [7, 11) is 0. The summed E-state index contributed by atoms with van der Waals surface area (Å²) in [6, 6.07) is 10.7. The molecule has 3 amide bonds. The van der Waals surface area contributed by atoms with Gasteiger partial charge in [-0.2, -0.15) is 0 Å². The smallest absolute Gasteiger partial charge is 0.322 e. The van der Waals surface area contributed by atoms with Gasteiger partial charge in [0.05, 0.1) is 0 Å². The molecule has 1 aliphatic heterocycles. The lowest BCUT2D eigenvalue weighted by atomic mass is 10.0. The minimum atomic E-state index is -0.243. The predicted octanol–water partition coefficient (Wildman–Crippen LogP) is 2.91. The lowest BCUT2D eigenvalue weighted by Crippen LogP contribution is -2.55. The summed E-state index contributed by atoms with van der Waals surface area (Å²) in [6.45, 7) is 9.22. The van der Waals surface area contributed by atoms with Crippen molar-refractivity contribution in [2.24, 2.45) is 5.92 Å². The van der Waals surface area contributed by atoms with E-state index in [1.807, 2.05) is 19.9 Å². The van der Waals surface area contributed by atoms with E-state index in [1.54, 1.807) is 4.90 Å². The highest BCUT2D eigenvalue weighted by Crippen LogP contribution is 2.12. The maximum absolute atomic E-state index is 12.3. The van der Waals surface area contributed by atoms with Crippen molar-refractivity contribution in [2.45, 2.75) is 46.1 Å². The molecule has 1 unspecified atom stereocenters. The quantitative estimate of drug-likeness (QED) is 0.862. The standard InChI is InChI=1S/C20H31N3O2/c1-4-18(5-2)19(24)21-20(25)23-13-11-22(12-14-23)16(3)15-17-9-7-6-8-10-17/h6-10,16,18H,4-5,11-15H2,1-3H3,(H,21,24,25). The van der Waals surface area contributed by atoms with Crippen LogP contribution in [0.1, 0.15) is 39.2 Å². The number of urea groups is 1. The van der Waals surface area contributed by atoms with Gasteiger partial charge in [0.15, 0.2) is 0 Å². The van der Waals surface area contributed by atoms with Crippen molar-refractivity contribution in [3.8, 4) is 0 Å². The van der Waals surface area contributed by atoms with Crippen LogP contribution in [0.4, 0.5) is 4.79 Å². The number of carbonyl (C=O) groups excluding carboxylic acids is 2. The van der Waals surface area contributed by atoms with E-state index in [0.717, 1.165) is 32.4 Å². The van der Waals surface area contributed by atoms with E-state index >= 15 is 0 Å². The first-order chi connectivity index (χ1) is 12.0. The number of hydrogen-bond donors (Lipinski definition) is 1. The fourth-order valence-corrected chi connectivity index (χ4v) is 3.40. The number of nitrogens with zero attached hydrogens (tertiary/aromatic N) is 2. The number of carbonyl (C=O) groups is 2. The average molecular weight is 345 g/mol. The highest BCUT2D eigenvalue weighted by Gasteiger charge is 2.26. The van der Waals surface area contributed by atoms with Crippen LogP contribution in [0.15, 0.2) is 30.3 Å². The first kappa shape index (κ1) is 19.4. The third-order valence-corrected chi connectivity index (χ3v) is 5.19. The Labute approximate surface area is 151 Å². The summed E-state index contributed by atoms with van der Waals surface area (Å²) < 4.78 is 0. The monoisotopic (exact) mass is 345 g/mol. The minimum Gasteiger partial charge on any atom is -0.322 e. The van der Waals surface area contributed by atoms with E-state index in [2.05, 4.69) is 41.4 Å². The van der Waals surface area contributed by atoms with Crippen LogP contribution < -0.4 is 5.32 Å². The molecule has 5 heteroatoms. The Hall–Kier alpha value is -1.88. The van der Waals surface area contributed by atoms with Crippen molar-refractivity contribution < 1.29 is 9.59 Å². The summed E-state index contributed by atoms with van der Waals surface area (Å²) in [6.07, 6.45) is 2.54. The van der Waals surface area contributed by atoms with Crippen LogP contribution in [-0.4, -0.2) is 54.0 Å². The number of rotatable bonds is 6. The first-order valence-corrected chi connectivity index (χ1v) is 9.42. The molecule has 2 rings (SSSR count). The van der Waals surface area contributed by atoms with Crippen molar-refractivity contribution >= 4 is 11.9 Å². The van der Waals surface area contributed by atoms with Crippen LogP contribution in [0, 0.1) is 5.92 Å². The molecule has 0 aliphatic carbocycles. The highest BCUT2D eigenvalue weighted by atomic mass is 16.2. The Bertz CT molecular complexity index is 549. The van der Waals surface area contributed by atoms with Crippen LogP contribution in [0.2, 0.25) is 0 Å². The summed E-state index contributed by atoms with van der Waals surface area (Å²) in [4.78, 5) is 28.5. The number of hydrogen-bond acceptors (Lipinski definition) is 3. The van der Waals surface area contributed by atoms with Gasteiger partial charge in [0.25, 0.3) is 0 Å². The van der Waals surface area contributed by atoms with Gasteiger partial charge in [0.1, 0.15) is 0 Å². The van der Waals surface area contributed by atoms with Crippen molar-refractivity contribution in [3.63, 3.8) is 0 Å². The van der Waals surface area contributed by atoms with Gasteiger partial charge >= 0.3 is 6.03 Å². The van der Waals surface area contributed by atoms with Gasteiger partial charge in [-0.3, -0.25) is 15.0 Å². The molecule has 1 heterocycles. The molecular formula is C20H31N3O2. The van der Waals surface area contributed by atoms with Gasteiger partial charge in [-0.1, -0.05) is 44.2 Å². The third kappa shape index (κ3) is 5.56. The molecule has 138 valence electrons. The molecule has 0 bridgehead atoms. The van der Waals surface area contributed by atoms with Gasteiger partial charge in [0.2, 0.25) is 5.91 Å².